The highest BCUT2D eigenvalue weighted by Crippen LogP contribution is 2.30. The Bertz CT molecular complexity index is 435. The van der Waals surface area contributed by atoms with E-state index in [0.717, 1.165) is 4.47 Å². The first-order valence-electron chi connectivity index (χ1n) is 6.28. The lowest BCUT2D eigenvalue weighted by Crippen LogP contribution is -2.38. The zero-order valence-electron chi connectivity index (χ0n) is 11.4. The van der Waals surface area contributed by atoms with Gasteiger partial charge in [-0.15, -0.1) is 0 Å². The standard InChI is InChI=1S/C14H20BrNO3/c1-9(2)7-16-14(18)10(3)19-13-11(8-17)5-4-6-12(13)15/h4-6,9-10,17H,7-8H2,1-3H3,(H,16,18). The SMILES string of the molecule is CC(C)CNC(=O)C(C)Oc1c(Br)cccc1CO. The molecular formula is C14H20BrNO3. The van der Waals surface area contributed by atoms with Gasteiger partial charge in [0.2, 0.25) is 0 Å². The van der Waals surface area contributed by atoms with Gasteiger partial charge in [-0.25, -0.2) is 0 Å². The quantitative estimate of drug-likeness (QED) is 0.842. The molecule has 106 valence electrons. The van der Waals surface area contributed by atoms with E-state index in [1.54, 1.807) is 13.0 Å². The van der Waals surface area contributed by atoms with E-state index < -0.39 is 6.10 Å². The molecule has 5 heteroatoms. The van der Waals surface area contributed by atoms with Crippen molar-refractivity contribution < 1.29 is 14.6 Å². The van der Waals surface area contributed by atoms with E-state index in [4.69, 9.17) is 4.74 Å². The number of aliphatic hydroxyl groups is 1. The number of hydrogen-bond acceptors (Lipinski definition) is 3. The molecule has 0 aromatic heterocycles. The van der Waals surface area contributed by atoms with Crippen LogP contribution in [0.1, 0.15) is 26.3 Å². The molecule has 19 heavy (non-hydrogen) atoms. The first kappa shape index (κ1) is 16.0. The molecule has 0 aliphatic rings. The van der Waals surface area contributed by atoms with Crippen LogP contribution in [0.25, 0.3) is 0 Å². The average Bonchev–Trinajstić information content (AvgIpc) is 2.37. The number of amides is 1. The lowest BCUT2D eigenvalue weighted by atomic mass is 10.2. The molecule has 1 aromatic carbocycles. The highest BCUT2D eigenvalue weighted by atomic mass is 79.9. The minimum atomic E-state index is -0.609. The molecule has 1 atom stereocenters. The maximum absolute atomic E-state index is 11.8. The fraction of sp³-hybridized carbons (Fsp3) is 0.500. The van der Waals surface area contributed by atoms with Gasteiger partial charge in [-0.1, -0.05) is 26.0 Å². The maximum atomic E-state index is 11.8. The number of carbonyl (C=O) groups excluding carboxylic acids is 1. The average molecular weight is 330 g/mol. The summed E-state index contributed by atoms with van der Waals surface area (Å²) in [6, 6.07) is 5.39. The second-order valence-corrected chi connectivity index (χ2v) is 5.64. The lowest BCUT2D eigenvalue weighted by molar-refractivity contribution is -0.127. The number of carbonyl (C=O) groups is 1. The molecule has 1 rings (SSSR count). The molecule has 2 N–H and O–H groups in total. The van der Waals surface area contributed by atoms with Gasteiger partial charge in [0.1, 0.15) is 5.75 Å². The van der Waals surface area contributed by atoms with Crippen LogP contribution in [-0.4, -0.2) is 23.7 Å². The Morgan fingerprint density at radius 3 is 2.68 bits per heavy atom. The minimum Gasteiger partial charge on any atom is -0.479 e. The van der Waals surface area contributed by atoms with E-state index in [2.05, 4.69) is 21.2 Å². The van der Waals surface area contributed by atoms with Crippen LogP contribution in [-0.2, 0) is 11.4 Å². The summed E-state index contributed by atoms with van der Waals surface area (Å²) in [6.45, 7) is 6.24. The summed E-state index contributed by atoms with van der Waals surface area (Å²) >= 11 is 3.36. The van der Waals surface area contributed by atoms with Gasteiger partial charge in [0.25, 0.3) is 5.91 Å². The van der Waals surface area contributed by atoms with Crippen molar-refractivity contribution in [1.82, 2.24) is 5.32 Å². The summed E-state index contributed by atoms with van der Waals surface area (Å²) in [4.78, 5) is 11.8. The third kappa shape index (κ3) is 4.84. The van der Waals surface area contributed by atoms with Crippen molar-refractivity contribution >= 4 is 21.8 Å². The Balaban J connectivity index is 2.71. The number of para-hydroxylation sites is 1. The van der Waals surface area contributed by atoms with Crippen LogP contribution in [0.3, 0.4) is 0 Å². The molecule has 0 aliphatic carbocycles. The van der Waals surface area contributed by atoms with Gasteiger partial charge in [-0.05, 0) is 34.8 Å². The summed E-state index contributed by atoms with van der Waals surface area (Å²) in [6.07, 6.45) is -0.609. The first-order chi connectivity index (χ1) is 8.95. The summed E-state index contributed by atoms with van der Waals surface area (Å²) in [5, 5.41) is 12.1. The monoisotopic (exact) mass is 329 g/mol. The summed E-state index contributed by atoms with van der Waals surface area (Å²) in [5.41, 5.74) is 0.651. The first-order valence-corrected chi connectivity index (χ1v) is 7.07. The number of aliphatic hydroxyl groups excluding tert-OH is 1. The van der Waals surface area contributed by atoms with Crippen molar-refractivity contribution in [1.29, 1.82) is 0 Å². The second-order valence-electron chi connectivity index (χ2n) is 4.79. The lowest BCUT2D eigenvalue weighted by Gasteiger charge is -2.18. The Hall–Kier alpha value is -1.07. The normalized spacial score (nSPS) is 12.3. The van der Waals surface area contributed by atoms with Crippen LogP contribution in [0.4, 0.5) is 0 Å². The van der Waals surface area contributed by atoms with Gasteiger partial charge in [-0.2, -0.15) is 0 Å². The smallest absolute Gasteiger partial charge is 0.260 e. The summed E-state index contributed by atoms with van der Waals surface area (Å²) < 4.78 is 6.37. The van der Waals surface area contributed by atoms with Crippen LogP contribution < -0.4 is 10.1 Å². The molecule has 4 nitrogen and oxygen atoms in total. The third-order valence-corrected chi connectivity index (χ3v) is 3.19. The van der Waals surface area contributed by atoms with Crippen LogP contribution in [0.15, 0.2) is 22.7 Å². The zero-order valence-corrected chi connectivity index (χ0v) is 13.0. The van der Waals surface area contributed by atoms with Crippen LogP contribution in [0.5, 0.6) is 5.75 Å². The fourth-order valence-corrected chi connectivity index (χ4v) is 1.99. The molecule has 0 bridgehead atoms. The van der Waals surface area contributed by atoms with Gasteiger partial charge in [0.15, 0.2) is 6.10 Å². The predicted octanol–water partition coefficient (Wildman–Crippen LogP) is 2.48. The molecule has 0 saturated carbocycles. The number of halogens is 1. The molecule has 0 saturated heterocycles. The fourth-order valence-electron chi connectivity index (χ4n) is 1.49. The molecule has 1 aromatic rings. The largest absolute Gasteiger partial charge is 0.479 e. The van der Waals surface area contributed by atoms with E-state index in [9.17, 15) is 9.90 Å². The number of benzene rings is 1. The molecule has 0 aliphatic heterocycles. The van der Waals surface area contributed by atoms with Gasteiger partial charge >= 0.3 is 0 Å². The summed E-state index contributed by atoms with van der Waals surface area (Å²) in [5.74, 6) is 0.748. The van der Waals surface area contributed by atoms with Crippen LogP contribution in [0.2, 0.25) is 0 Å². The van der Waals surface area contributed by atoms with Crippen molar-refractivity contribution in [2.45, 2.75) is 33.5 Å². The molecule has 0 fully saturated rings. The van der Waals surface area contributed by atoms with E-state index in [1.165, 1.54) is 0 Å². The number of hydrogen-bond donors (Lipinski definition) is 2. The van der Waals surface area contributed by atoms with Crippen LogP contribution >= 0.6 is 15.9 Å². The molecule has 0 radical (unpaired) electrons. The van der Waals surface area contributed by atoms with Gasteiger partial charge in [0, 0.05) is 12.1 Å². The third-order valence-electron chi connectivity index (χ3n) is 2.57. The Morgan fingerprint density at radius 1 is 1.42 bits per heavy atom. The number of ether oxygens (including phenoxy) is 1. The van der Waals surface area contributed by atoms with E-state index in [-0.39, 0.29) is 12.5 Å². The van der Waals surface area contributed by atoms with E-state index in [0.29, 0.717) is 23.8 Å². The summed E-state index contributed by atoms with van der Waals surface area (Å²) in [7, 11) is 0. The van der Waals surface area contributed by atoms with Crippen molar-refractivity contribution in [2.75, 3.05) is 6.54 Å². The highest BCUT2D eigenvalue weighted by Gasteiger charge is 2.17. The van der Waals surface area contributed by atoms with Gasteiger partial charge in [0.05, 0.1) is 11.1 Å². The van der Waals surface area contributed by atoms with Crippen molar-refractivity contribution in [3.63, 3.8) is 0 Å². The molecular weight excluding hydrogens is 310 g/mol. The molecule has 0 heterocycles. The number of rotatable bonds is 6. The highest BCUT2D eigenvalue weighted by molar-refractivity contribution is 9.10. The Labute approximate surface area is 122 Å². The predicted molar refractivity (Wildman–Crippen MR) is 78.0 cm³/mol. The maximum Gasteiger partial charge on any atom is 0.260 e. The second kappa shape index (κ2) is 7.50. The van der Waals surface area contributed by atoms with E-state index in [1.807, 2.05) is 26.0 Å². The van der Waals surface area contributed by atoms with Gasteiger partial charge in [-0.3, -0.25) is 4.79 Å². The van der Waals surface area contributed by atoms with E-state index >= 15 is 0 Å². The van der Waals surface area contributed by atoms with Crippen molar-refractivity contribution in [3.05, 3.63) is 28.2 Å². The topological polar surface area (TPSA) is 58.6 Å². The zero-order chi connectivity index (χ0) is 14.4. The van der Waals surface area contributed by atoms with Crippen molar-refractivity contribution in [2.24, 2.45) is 5.92 Å². The van der Waals surface area contributed by atoms with Gasteiger partial charge < -0.3 is 15.2 Å². The number of nitrogens with one attached hydrogen (secondary N) is 1. The van der Waals surface area contributed by atoms with Crippen molar-refractivity contribution in [3.8, 4) is 5.75 Å². The molecule has 1 unspecified atom stereocenters. The van der Waals surface area contributed by atoms with Crippen LogP contribution in [0, 0.1) is 5.92 Å². The Morgan fingerprint density at radius 2 is 2.11 bits per heavy atom. The molecule has 0 spiro atoms. The minimum absolute atomic E-state index is 0.130. The Kier molecular flexibility index (Phi) is 6.31. The molecule has 1 amide bonds.